The van der Waals surface area contributed by atoms with Gasteiger partial charge in [0.15, 0.2) is 5.17 Å². The van der Waals surface area contributed by atoms with Crippen molar-refractivity contribution in [3.63, 3.8) is 0 Å². The Morgan fingerprint density at radius 2 is 2.18 bits per heavy atom. The van der Waals surface area contributed by atoms with Gasteiger partial charge in [-0.05, 0) is 31.9 Å². The molecule has 1 N–H and O–H groups in total. The van der Waals surface area contributed by atoms with E-state index < -0.39 is 0 Å². The van der Waals surface area contributed by atoms with Gasteiger partial charge in [0.25, 0.3) is 0 Å². The number of thioether (sulfide) groups is 1. The van der Waals surface area contributed by atoms with E-state index in [1.165, 1.54) is 0 Å². The zero-order valence-corrected chi connectivity index (χ0v) is 11.7. The van der Waals surface area contributed by atoms with Crippen LogP contribution in [0.5, 0.6) is 0 Å². The molecule has 2 atom stereocenters. The van der Waals surface area contributed by atoms with Gasteiger partial charge < -0.3 is 9.73 Å². The molecule has 0 aliphatic carbocycles. The van der Waals surface area contributed by atoms with E-state index in [0.717, 1.165) is 23.2 Å². The van der Waals surface area contributed by atoms with Gasteiger partial charge in [-0.1, -0.05) is 25.6 Å². The summed E-state index contributed by atoms with van der Waals surface area (Å²) in [5.74, 6) is 2.60. The average molecular weight is 252 g/mol. The van der Waals surface area contributed by atoms with Crippen molar-refractivity contribution in [2.24, 2.45) is 10.9 Å². The number of aliphatic imine (C=N–C) groups is 1. The van der Waals surface area contributed by atoms with Crippen molar-refractivity contribution in [1.29, 1.82) is 0 Å². The lowest BCUT2D eigenvalue weighted by atomic mass is 10.1. The number of amidine groups is 1. The first-order chi connectivity index (χ1) is 8.06. The van der Waals surface area contributed by atoms with E-state index in [4.69, 9.17) is 4.42 Å². The zero-order chi connectivity index (χ0) is 12.4. The smallest absolute Gasteiger partial charge is 0.157 e. The molecule has 94 valence electrons. The molecule has 4 heteroatoms. The van der Waals surface area contributed by atoms with Crippen LogP contribution in [-0.2, 0) is 0 Å². The van der Waals surface area contributed by atoms with Crippen molar-refractivity contribution in [2.45, 2.75) is 39.0 Å². The van der Waals surface area contributed by atoms with Crippen molar-refractivity contribution in [2.75, 3.05) is 6.54 Å². The first-order valence-electron chi connectivity index (χ1n) is 6.10. The van der Waals surface area contributed by atoms with E-state index in [0.29, 0.717) is 11.2 Å². The first kappa shape index (κ1) is 12.6. The van der Waals surface area contributed by atoms with E-state index in [9.17, 15) is 0 Å². The van der Waals surface area contributed by atoms with Crippen LogP contribution in [-0.4, -0.2) is 17.0 Å². The summed E-state index contributed by atoms with van der Waals surface area (Å²) in [6, 6.07) is 4.20. The summed E-state index contributed by atoms with van der Waals surface area (Å²) in [6.45, 7) is 9.48. The van der Waals surface area contributed by atoms with Crippen LogP contribution in [0.4, 0.5) is 0 Å². The monoisotopic (exact) mass is 252 g/mol. The van der Waals surface area contributed by atoms with Crippen LogP contribution in [0.3, 0.4) is 0 Å². The van der Waals surface area contributed by atoms with Gasteiger partial charge in [0.1, 0.15) is 11.5 Å². The standard InChI is InChI=1S/C13H20N2OS/c1-8(2)12-7-14-13(17-12)15-10(4)11-6-5-9(3)16-11/h5-6,8,10,12H,7H2,1-4H3,(H,14,15). The molecule has 1 aliphatic heterocycles. The van der Waals surface area contributed by atoms with E-state index in [-0.39, 0.29) is 6.04 Å². The minimum atomic E-state index is 0.181. The van der Waals surface area contributed by atoms with Crippen LogP contribution in [0.15, 0.2) is 21.5 Å². The third-order valence-electron chi connectivity index (χ3n) is 2.95. The Kier molecular flexibility index (Phi) is 3.82. The molecule has 0 aromatic carbocycles. The second-order valence-electron chi connectivity index (χ2n) is 4.86. The van der Waals surface area contributed by atoms with Gasteiger partial charge in [-0.15, -0.1) is 0 Å². The molecule has 2 unspecified atom stereocenters. The van der Waals surface area contributed by atoms with Gasteiger partial charge in [0.05, 0.1) is 12.6 Å². The molecule has 0 spiro atoms. The molecule has 0 amide bonds. The predicted molar refractivity (Wildman–Crippen MR) is 73.5 cm³/mol. The molecule has 0 fully saturated rings. The summed E-state index contributed by atoms with van der Waals surface area (Å²) in [4.78, 5) is 4.54. The molecular formula is C13H20N2OS. The summed E-state index contributed by atoms with van der Waals surface area (Å²) in [6.07, 6.45) is 0. The lowest BCUT2D eigenvalue weighted by Crippen LogP contribution is -2.23. The molecular weight excluding hydrogens is 232 g/mol. The molecule has 1 aromatic heterocycles. The minimum Gasteiger partial charge on any atom is -0.464 e. The van der Waals surface area contributed by atoms with E-state index in [1.54, 1.807) is 0 Å². The maximum absolute atomic E-state index is 5.60. The topological polar surface area (TPSA) is 37.5 Å². The quantitative estimate of drug-likeness (QED) is 0.896. The summed E-state index contributed by atoms with van der Waals surface area (Å²) in [5, 5.41) is 5.07. The fourth-order valence-electron chi connectivity index (χ4n) is 1.76. The predicted octanol–water partition coefficient (Wildman–Crippen LogP) is 3.37. The van der Waals surface area contributed by atoms with E-state index in [1.807, 2.05) is 30.8 Å². The van der Waals surface area contributed by atoms with Gasteiger partial charge in [0.2, 0.25) is 0 Å². The SMILES string of the molecule is Cc1ccc(C(C)NC2=NCC(C(C)C)S2)o1. The number of nitrogens with one attached hydrogen (secondary N) is 1. The molecule has 0 radical (unpaired) electrons. The molecule has 1 aromatic rings. The number of hydrogen-bond acceptors (Lipinski definition) is 4. The second kappa shape index (κ2) is 5.17. The van der Waals surface area contributed by atoms with Gasteiger partial charge >= 0.3 is 0 Å². The zero-order valence-electron chi connectivity index (χ0n) is 10.9. The van der Waals surface area contributed by atoms with Crippen molar-refractivity contribution in [1.82, 2.24) is 5.32 Å². The molecule has 2 heterocycles. The third-order valence-corrected chi connectivity index (χ3v) is 4.42. The fourth-order valence-corrected chi connectivity index (χ4v) is 2.86. The largest absolute Gasteiger partial charge is 0.464 e. The Hall–Kier alpha value is -0.900. The number of furan rings is 1. The van der Waals surface area contributed by atoms with Gasteiger partial charge in [-0.3, -0.25) is 4.99 Å². The fraction of sp³-hybridized carbons (Fsp3) is 0.615. The Bertz CT molecular complexity index is 411. The lowest BCUT2D eigenvalue weighted by Gasteiger charge is -2.15. The van der Waals surface area contributed by atoms with Crippen LogP contribution in [0.2, 0.25) is 0 Å². The molecule has 2 rings (SSSR count). The summed E-state index contributed by atoms with van der Waals surface area (Å²) in [5.41, 5.74) is 0. The maximum atomic E-state index is 5.60. The highest BCUT2D eigenvalue weighted by atomic mass is 32.2. The van der Waals surface area contributed by atoms with Crippen LogP contribution >= 0.6 is 11.8 Å². The Balaban J connectivity index is 1.90. The normalized spacial score (nSPS) is 21.7. The highest BCUT2D eigenvalue weighted by molar-refractivity contribution is 8.14. The van der Waals surface area contributed by atoms with Crippen LogP contribution in [0, 0.1) is 12.8 Å². The Morgan fingerprint density at radius 1 is 1.41 bits per heavy atom. The van der Waals surface area contributed by atoms with Crippen LogP contribution < -0.4 is 5.32 Å². The van der Waals surface area contributed by atoms with Crippen molar-refractivity contribution in [3.8, 4) is 0 Å². The highest BCUT2D eigenvalue weighted by Crippen LogP contribution is 2.27. The summed E-state index contributed by atoms with van der Waals surface area (Å²) >= 11 is 1.85. The second-order valence-corrected chi connectivity index (χ2v) is 6.09. The Morgan fingerprint density at radius 3 is 2.71 bits per heavy atom. The lowest BCUT2D eigenvalue weighted by molar-refractivity contribution is 0.444. The van der Waals surface area contributed by atoms with Crippen molar-refractivity contribution >= 4 is 16.9 Å². The van der Waals surface area contributed by atoms with Crippen LogP contribution in [0.1, 0.15) is 38.3 Å². The van der Waals surface area contributed by atoms with E-state index >= 15 is 0 Å². The van der Waals surface area contributed by atoms with Gasteiger partial charge in [0, 0.05) is 5.25 Å². The third kappa shape index (κ3) is 3.06. The van der Waals surface area contributed by atoms with E-state index in [2.05, 4.69) is 31.1 Å². The van der Waals surface area contributed by atoms with Crippen molar-refractivity contribution in [3.05, 3.63) is 23.7 Å². The molecule has 3 nitrogen and oxygen atoms in total. The summed E-state index contributed by atoms with van der Waals surface area (Å²) < 4.78 is 5.60. The molecule has 1 aliphatic rings. The van der Waals surface area contributed by atoms with Crippen LogP contribution in [0.25, 0.3) is 0 Å². The molecule has 0 saturated carbocycles. The number of aryl methyl sites for hydroxylation is 1. The van der Waals surface area contributed by atoms with Gasteiger partial charge in [-0.2, -0.15) is 0 Å². The minimum absolute atomic E-state index is 0.181. The number of nitrogens with zero attached hydrogens (tertiary/aromatic N) is 1. The molecule has 0 bridgehead atoms. The highest BCUT2D eigenvalue weighted by Gasteiger charge is 2.23. The molecule has 0 saturated heterocycles. The number of rotatable bonds is 3. The molecule has 17 heavy (non-hydrogen) atoms. The Labute approximate surface area is 107 Å². The average Bonchev–Trinajstić information content (AvgIpc) is 2.86. The van der Waals surface area contributed by atoms with Gasteiger partial charge in [-0.25, -0.2) is 0 Å². The first-order valence-corrected chi connectivity index (χ1v) is 6.98. The van der Waals surface area contributed by atoms with Crippen molar-refractivity contribution < 1.29 is 4.42 Å². The summed E-state index contributed by atoms with van der Waals surface area (Å²) in [7, 11) is 0. The number of hydrogen-bond donors (Lipinski definition) is 1. The maximum Gasteiger partial charge on any atom is 0.157 e.